The van der Waals surface area contributed by atoms with E-state index in [1.807, 2.05) is 19.9 Å². The molecule has 3 aromatic heterocycles. The van der Waals surface area contributed by atoms with Crippen molar-refractivity contribution in [1.29, 1.82) is 0 Å². The highest BCUT2D eigenvalue weighted by atomic mass is 19.1. The first-order valence-corrected chi connectivity index (χ1v) is 11.8. The average Bonchev–Trinajstić information content (AvgIpc) is 2.93. The van der Waals surface area contributed by atoms with Gasteiger partial charge in [0.2, 0.25) is 5.95 Å². The van der Waals surface area contributed by atoms with Gasteiger partial charge in [-0.1, -0.05) is 18.2 Å². The van der Waals surface area contributed by atoms with E-state index < -0.39 is 6.67 Å². The number of hydrogen-bond acceptors (Lipinski definition) is 7. The summed E-state index contributed by atoms with van der Waals surface area (Å²) in [6.07, 6.45) is 3.25. The van der Waals surface area contributed by atoms with Crippen LogP contribution in [0.15, 0.2) is 71.8 Å². The Hall–Kier alpha value is -4.99. The molecule has 0 saturated heterocycles. The first-order chi connectivity index (χ1) is 18.3. The fraction of sp³-hybridized carbons (Fsp3) is 0.143. The van der Waals surface area contributed by atoms with Gasteiger partial charge in [0.05, 0.1) is 17.6 Å². The van der Waals surface area contributed by atoms with E-state index >= 15 is 0 Å². The molecular weight excluding hydrogens is 485 g/mol. The van der Waals surface area contributed by atoms with Crippen molar-refractivity contribution in [2.75, 3.05) is 10.6 Å². The molecule has 0 aliphatic carbocycles. The van der Waals surface area contributed by atoms with E-state index in [0.717, 1.165) is 16.9 Å². The predicted octanol–water partition coefficient (Wildman–Crippen LogP) is 4.87. The van der Waals surface area contributed by atoms with Crippen LogP contribution in [0.3, 0.4) is 0 Å². The highest BCUT2D eigenvalue weighted by Crippen LogP contribution is 2.25. The van der Waals surface area contributed by atoms with Gasteiger partial charge in [0, 0.05) is 30.1 Å². The van der Waals surface area contributed by atoms with Gasteiger partial charge in [-0.2, -0.15) is 4.98 Å². The van der Waals surface area contributed by atoms with Crippen LogP contribution >= 0.6 is 0 Å². The van der Waals surface area contributed by atoms with E-state index in [1.54, 1.807) is 61.9 Å². The number of benzene rings is 2. The molecule has 0 atom stereocenters. The SMILES string of the molecule is Cc1ccc(NC(=O)c2cccc(CF)c2)cc1-c1nc2cnc(Nc3cccnc3C)nc2n(C)c1=O. The van der Waals surface area contributed by atoms with Crippen LogP contribution in [0.25, 0.3) is 22.4 Å². The molecule has 0 radical (unpaired) electrons. The Kier molecular flexibility index (Phi) is 6.61. The number of hydrogen-bond donors (Lipinski definition) is 2. The zero-order valence-electron chi connectivity index (χ0n) is 21.0. The smallest absolute Gasteiger partial charge is 0.278 e. The first kappa shape index (κ1) is 24.7. The maximum atomic E-state index is 13.4. The number of aryl methyl sites for hydroxylation is 3. The van der Waals surface area contributed by atoms with Gasteiger partial charge in [-0.25, -0.2) is 14.4 Å². The Morgan fingerprint density at radius 2 is 1.87 bits per heavy atom. The number of anilines is 3. The van der Waals surface area contributed by atoms with Crippen LogP contribution in [-0.2, 0) is 13.7 Å². The van der Waals surface area contributed by atoms with E-state index in [-0.39, 0.29) is 17.2 Å². The molecule has 0 unspecified atom stereocenters. The number of halogens is 1. The van der Waals surface area contributed by atoms with Gasteiger partial charge in [0.25, 0.3) is 11.5 Å². The molecule has 190 valence electrons. The number of carbonyl (C=O) groups excluding carboxylic acids is 1. The second-order valence-electron chi connectivity index (χ2n) is 8.81. The average molecular weight is 510 g/mol. The molecule has 38 heavy (non-hydrogen) atoms. The predicted molar refractivity (Wildman–Crippen MR) is 144 cm³/mol. The number of nitrogens with one attached hydrogen (secondary N) is 2. The van der Waals surface area contributed by atoms with Crippen LogP contribution in [-0.4, -0.2) is 30.4 Å². The molecular formula is C28H24FN7O2. The molecule has 0 aliphatic rings. The number of fused-ring (bicyclic) bond motifs is 1. The topological polar surface area (TPSA) is 115 Å². The van der Waals surface area contributed by atoms with Gasteiger partial charge in [0.15, 0.2) is 5.65 Å². The van der Waals surface area contributed by atoms with Crippen LogP contribution in [0.4, 0.5) is 21.7 Å². The van der Waals surface area contributed by atoms with E-state index in [0.29, 0.717) is 39.5 Å². The second kappa shape index (κ2) is 10.2. The summed E-state index contributed by atoms with van der Waals surface area (Å²) in [5, 5.41) is 5.94. The minimum Gasteiger partial charge on any atom is -0.323 e. The summed E-state index contributed by atoms with van der Waals surface area (Å²) in [5.74, 6) is -0.0670. The Balaban J connectivity index is 1.49. The number of rotatable bonds is 6. The monoisotopic (exact) mass is 509 g/mol. The van der Waals surface area contributed by atoms with Crippen molar-refractivity contribution >= 4 is 34.4 Å². The van der Waals surface area contributed by atoms with Crippen LogP contribution in [0.1, 0.15) is 27.2 Å². The number of nitrogens with zero attached hydrogens (tertiary/aromatic N) is 5. The fourth-order valence-corrected chi connectivity index (χ4v) is 4.04. The van der Waals surface area contributed by atoms with Crippen molar-refractivity contribution < 1.29 is 9.18 Å². The summed E-state index contributed by atoms with van der Waals surface area (Å²) in [6, 6.07) is 15.3. The maximum Gasteiger partial charge on any atom is 0.278 e. The number of alkyl halides is 1. The lowest BCUT2D eigenvalue weighted by Gasteiger charge is -2.13. The standard InChI is InChI=1S/C28H24FN7O2/c1-16-9-10-20(32-26(37)19-7-4-6-18(12-19)14-29)13-21(16)24-27(38)36(3)25-23(33-24)15-31-28(35-25)34-22-8-5-11-30-17(22)2/h4-13,15H,14H2,1-3H3,(H,32,37)(H,31,34,35). The Bertz CT molecular complexity index is 1750. The largest absolute Gasteiger partial charge is 0.323 e. The molecule has 0 saturated carbocycles. The second-order valence-corrected chi connectivity index (χ2v) is 8.81. The van der Waals surface area contributed by atoms with Gasteiger partial charge >= 0.3 is 0 Å². The summed E-state index contributed by atoms with van der Waals surface area (Å²) in [5.41, 5.74) is 4.82. The van der Waals surface area contributed by atoms with Crippen LogP contribution in [0, 0.1) is 13.8 Å². The summed E-state index contributed by atoms with van der Waals surface area (Å²) in [7, 11) is 1.63. The summed E-state index contributed by atoms with van der Waals surface area (Å²) in [4.78, 5) is 43.8. The van der Waals surface area contributed by atoms with Gasteiger partial charge in [-0.15, -0.1) is 0 Å². The lowest BCUT2D eigenvalue weighted by molar-refractivity contribution is 0.102. The quantitative estimate of drug-likeness (QED) is 0.336. The molecule has 5 aromatic rings. The summed E-state index contributed by atoms with van der Waals surface area (Å²) in [6.45, 7) is 3.07. The van der Waals surface area contributed by atoms with Gasteiger partial charge in [0.1, 0.15) is 17.9 Å². The van der Waals surface area contributed by atoms with Crippen molar-refractivity contribution in [2.24, 2.45) is 7.05 Å². The summed E-state index contributed by atoms with van der Waals surface area (Å²) < 4.78 is 14.4. The molecule has 3 heterocycles. The highest BCUT2D eigenvalue weighted by Gasteiger charge is 2.16. The zero-order valence-corrected chi connectivity index (χ0v) is 21.0. The summed E-state index contributed by atoms with van der Waals surface area (Å²) >= 11 is 0. The molecule has 0 spiro atoms. The molecule has 2 N–H and O–H groups in total. The van der Waals surface area contributed by atoms with Crippen LogP contribution < -0.4 is 16.2 Å². The lowest BCUT2D eigenvalue weighted by Crippen LogP contribution is -2.22. The molecule has 5 rings (SSSR count). The van der Waals surface area contributed by atoms with E-state index in [4.69, 9.17) is 0 Å². The first-order valence-electron chi connectivity index (χ1n) is 11.8. The van der Waals surface area contributed by atoms with Crippen LogP contribution in [0.5, 0.6) is 0 Å². The molecule has 9 nitrogen and oxygen atoms in total. The Morgan fingerprint density at radius 1 is 1.03 bits per heavy atom. The van der Waals surface area contributed by atoms with E-state index in [1.165, 1.54) is 10.6 Å². The van der Waals surface area contributed by atoms with Crippen molar-refractivity contribution in [3.63, 3.8) is 0 Å². The van der Waals surface area contributed by atoms with Gasteiger partial charge < -0.3 is 10.6 Å². The maximum absolute atomic E-state index is 13.4. The molecule has 10 heteroatoms. The highest BCUT2D eigenvalue weighted by molar-refractivity contribution is 6.04. The zero-order chi connectivity index (χ0) is 26.8. The van der Waals surface area contributed by atoms with Crippen molar-refractivity contribution in [3.05, 3.63) is 99.7 Å². The minimum atomic E-state index is -0.656. The third-order valence-corrected chi connectivity index (χ3v) is 6.15. The van der Waals surface area contributed by atoms with Crippen molar-refractivity contribution in [1.82, 2.24) is 24.5 Å². The Morgan fingerprint density at radius 3 is 2.66 bits per heavy atom. The van der Waals surface area contributed by atoms with E-state index in [9.17, 15) is 14.0 Å². The third kappa shape index (κ3) is 4.83. The fourth-order valence-electron chi connectivity index (χ4n) is 4.04. The lowest BCUT2D eigenvalue weighted by atomic mass is 10.0. The molecule has 1 amide bonds. The number of pyridine rings is 1. The third-order valence-electron chi connectivity index (χ3n) is 6.15. The van der Waals surface area contributed by atoms with E-state index in [2.05, 4.69) is 30.6 Å². The van der Waals surface area contributed by atoms with Crippen LogP contribution in [0.2, 0.25) is 0 Å². The number of amides is 1. The minimum absolute atomic E-state index is 0.209. The molecule has 0 bridgehead atoms. The van der Waals surface area contributed by atoms with Crippen molar-refractivity contribution in [2.45, 2.75) is 20.5 Å². The van der Waals surface area contributed by atoms with Gasteiger partial charge in [-0.05, 0) is 61.4 Å². The number of aromatic nitrogens is 5. The molecule has 2 aromatic carbocycles. The Labute approximate surface area is 217 Å². The van der Waals surface area contributed by atoms with Gasteiger partial charge in [-0.3, -0.25) is 19.1 Å². The normalized spacial score (nSPS) is 10.9. The molecule has 0 fully saturated rings. The molecule has 0 aliphatic heterocycles. The van der Waals surface area contributed by atoms with Crippen molar-refractivity contribution in [3.8, 4) is 11.3 Å². The number of carbonyl (C=O) groups is 1.